The number of aliphatic carboxylic acids is 1. The molecule has 1 heterocycles. The van der Waals surface area contributed by atoms with E-state index in [4.69, 9.17) is 10.8 Å². The molecular weight excluding hydrogens is 198 g/mol. The van der Waals surface area contributed by atoms with Crippen molar-refractivity contribution in [3.8, 4) is 0 Å². The Labute approximate surface area is 86.4 Å². The molecule has 2 rings (SSSR count). The molecule has 3 nitrogen and oxygen atoms in total. The Morgan fingerprint density at radius 2 is 2.43 bits per heavy atom. The highest BCUT2D eigenvalue weighted by molar-refractivity contribution is 8.05. The second-order valence-electron chi connectivity index (χ2n) is 3.33. The van der Waals surface area contributed by atoms with Crippen LogP contribution in [0.3, 0.4) is 0 Å². The van der Waals surface area contributed by atoms with Gasteiger partial charge in [0.05, 0.1) is 10.4 Å². The first-order valence-corrected chi connectivity index (χ1v) is 5.25. The number of fused-ring (bicyclic) bond motifs is 1. The number of rotatable bonds is 2. The highest BCUT2D eigenvalue weighted by Gasteiger charge is 2.43. The smallest absolute Gasteiger partial charge is 0.335 e. The van der Waals surface area contributed by atoms with Crippen LogP contribution in [0.5, 0.6) is 0 Å². The van der Waals surface area contributed by atoms with Crippen molar-refractivity contribution in [1.29, 1.82) is 0 Å². The van der Waals surface area contributed by atoms with E-state index in [0.717, 1.165) is 10.5 Å². The number of nitrogens with two attached hydrogens (primary N) is 1. The molecule has 3 N–H and O–H groups in total. The van der Waals surface area contributed by atoms with Crippen molar-refractivity contribution >= 4 is 17.7 Å². The van der Waals surface area contributed by atoms with E-state index in [1.54, 1.807) is 0 Å². The zero-order valence-corrected chi connectivity index (χ0v) is 8.60. The van der Waals surface area contributed by atoms with E-state index < -0.39 is 10.8 Å². The lowest BCUT2D eigenvalue weighted by molar-refractivity contribution is -0.133. The van der Waals surface area contributed by atoms with Crippen LogP contribution in [0, 0.1) is 0 Å². The van der Waals surface area contributed by atoms with E-state index in [1.165, 1.54) is 11.8 Å². The molecule has 1 atom stereocenters. The summed E-state index contributed by atoms with van der Waals surface area (Å²) in [5.74, 6) is -0.910. The average molecular weight is 209 g/mol. The Hall–Kier alpha value is -1.00. The molecular formula is C10H11NO2S. The van der Waals surface area contributed by atoms with Gasteiger partial charge in [0.25, 0.3) is 0 Å². The van der Waals surface area contributed by atoms with Gasteiger partial charge in [-0.05, 0) is 12.5 Å². The molecule has 0 saturated heterocycles. The molecule has 0 saturated carbocycles. The molecule has 4 heteroatoms. The Bertz CT molecular complexity index is 395. The molecule has 1 aliphatic heterocycles. The predicted octanol–water partition coefficient (Wildman–Crippen LogP) is 1.63. The van der Waals surface area contributed by atoms with Crippen LogP contribution in [-0.4, -0.2) is 15.9 Å². The maximum Gasteiger partial charge on any atom is 0.335 e. The third-order valence-corrected chi connectivity index (χ3v) is 3.93. The summed E-state index contributed by atoms with van der Waals surface area (Å²) < 4.78 is 0. The number of thioether (sulfide) groups is 1. The van der Waals surface area contributed by atoms with Crippen molar-refractivity contribution in [3.05, 3.63) is 34.3 Å². The first-order valence-electron chi connectivity index (χ1n) is 4.43. The average Bonchev–Trinajstić information content (AvgIpc) is 2.61. The second-order valence-corrected chi connectivity index (χ2v) is 4.70. The minimum Gasteiger partial charge on any atom is -0.478 e. The number of carboxylic acids is 1. The first kappa shape index (κ1) is 9.55. The van der Waals surface area contributed by atoms with Gasteiger partial charge in [-0.1, -0.05) is 30.8 Å². The number of allylic oxidation sites excluding steroid dienone is 4. The van der Waals surface area contributed by atoms with Crippen LogP contribution in [0.1, 0.15) is 13.3 Å². The zero-order valence-electron chi connectivity index (χ0n) is 7.78. The number of hydrogen-bond donors (Lipinski definition) is 2. The summed E-state index contributed by atoms with van der Waals surface area (Å²) in [6.45, 7) is 1.90. The van der Waals surface area contributed by atoms with Crippen molar-refractivity contribution in [1.82, 2.24) is 0 Å². The van der Waals surface area contributed by atoms with Crippen molar-refractivity contribution in [2.24, 2.45) is 5.73 Å². The molecule has 1 unspecified atom stereocenters. The number of carbonyl (C=O) groups is 1. The van der Waals surface area contributed by atoms with E-state index >= 15 is 0 Å². The Morgan fingerprint density at radius 1 is 1.71 bits per heavy atom. The third kappa shape index (κ3) is 1.14. The molecule has 1 aliphatic carbocycles. The maximum atomic E-state index is 11.1. The molecule has 0 aromatic carbocycles. The van der Waals surface area contributed by atoms with E-state index in [0.29, 0.717) is 12.0 Å². The van der Waals surface area contributed by atoms with Crippen LogP contribution < -0.4 is 5.73 Å². The molecule has 0 spiro atoms. The van der Waals surface area contributed by atoms with E-state index in [2.05, 4.69) is 0 Å². The summed E-state index contributed by atoms with van der Waals surface area (Å²) in [6, 6.07) is 0. The van der Waals surface area contributed by atoms with Crippen molar-refractivity contribution in [2.45, 2.75) is 18.2 Å². The SMILES string of the molecule is CCC1(N)SC2=CC=CC2=C1C(=O)O. The van der Waals surface area contributed by atoms with Gasteiger partial charge >= 0.3 is 5.97 Å². The molecule has 0 amide bonds. The quantitative estimate of drug-likeness (QED) is 0.725. The van der Waals surface area contributed by atoms with E-state index in [-0.39, 0.29) is 0 Å². The molecule has 0 aromatic rings. The Morgan fingerprint density at radius 3 is 3.00 bits per heavy atom. The van der Waals surface area contributed by atoms with Gasteiger partial charge in [-0.2, -0.15) is 0 Å². The standard InChI is InChI=1S/C10H11NO2S/c1-2-10(11)8(9(12)13)6-4-3-5-7(6)14-10/h3-5H,2,11H2,1H3,(H,12,13). The highest BCUT2D eigenvalue weighted by Crippen LogP contribution is 2.50. The molecule has 14 heavy (non-hydrogen) atoms. The third-order valence-electron chi connectivity index (χ3n) is 2.50. The summed E-state index contributed by atoms with van der Waals surface area (Å²) in [7, 11) is 0. The summed E-state index contributed by atoms with van der Waals surface area (Å²) in [5, 5.41) is 9.11. The lowest BCUT2D eigenvalue weighted by atomic mass is 10.00. The molecule has 0 fully saturated rings. The lowest BCUT2D eigenvalue weighted by Gasteiger charge is -2.22. The fourth-order valence-corrected chi connectivity index (χ4v) is 2.98. The van der Waals surface area contributed by atoms with E-state index in [9.17, 15) is 4.79 Å². The molecule has 74 valence electrons. The van der Waals surface area contributed by atoms with Gasteiger partial charge in [-0.25, -0.2) is 4.79 Å². The zero-order chi connectivity index (χ0) is 10.3. The molecule has 2 aliphatic rings. The van der Waals surface area contributed by atoms with Crippen LogP contribution in [0.2, 0.25) is 0 Å². The number of hydrogen-bond acceptors (Lipinski definition) is 3. The van der Waals surface area contributed by atoms with Gasteiger partial charge in [0.2, 0.25) is 0 Å². The monoisotopic (exact) mass is 209 g/mol. The van der Waals surface area contributed by atoms with Gasteiger partial charge in [-0.15, -0.1) is 0 Å². The van der Waals surface area contributed by atoms with Crippen LogP contribution in [0.4, 0.5) is 0 Å². The Kier molecular flexibility index (Phi) is 2.05. The normalized spacial score (nSPS) is 29.4. The summed E-state index contributed by atoms with van der Waals surface area (Å²) >= 11 is 1.44. The first-order chi connectivity index (χ1) is 6.58. The minimum absolute atomic E-state index is 0.338. The topological polar surface area (TPSA) is 63.3 Å². The number of carboxylic acid groups (broad SMARTS) is 1. The second kappa shape index (κ2) is 3.00. The predicted molar refractivity (Wildman–Crippen MR) is 56.7 cm³/mol. The van der Waals surface area contributed by atoms with Crippen LogP contribution in [-0.2, 0) is 4.79 Å². The van der Waals surface area contributed by atoms with E-state index in [1.807, 2.05) is 25.2 Å². The van der Waals surface area contributed by atoms with Crippen molar-refractivity contribution in [2.75, 3.05) is 0 Å². The fourth-order valence-electron chi connectivity index (χ4n) is 1.72. The summed E-state index contributed by atoms with van der Waals surface area (Å²) in [6.07, 6.45) is 6.20. The minimum atomic E-state index is -0.910. The summed E-state index contributed by atoms with van der Waals surface area (Å²) in [4.78, 5) is 11.3. The molecule has 0 aromatic heterocycles. The highest BCUT2D eigenvalue weighted by atomic mass is 32.2. The van der Waals surface area contributed by atoms with Crippen LogP contribution in [0.25, 0.3) is 0 Å². The van der Waals surface area contributed by atoms with Gasteiger partial charge in [0.1, 0.15) is 0 Å². The Balaban J connectivity index is 2.56. The fraction of sp³-hybridized carbons (Fsp3) is 0.300. The van der Waals surface area contributed by atoms with Gasteiger partial charge in [0.15, 0.2) is 0 Å². The lowest BCUT2D eigenvalue weighted by Crippen LogP contribution is -2.38. The van der Waals surface area contributed by atoms with Crippen molar-refractivity contribution in [3.63, 3.8) is 0 Å². The van der Waals surface area contributed by atoms with Crippen molar-refractivity contribution < 1.29 is 9.90 Å². The maximum absolute atomic E-state index is 11.1. The van der Waals surface area contributed by atoms with Gasteiger partial charge in [0, 0.05) is 10.5 Å². The van der Waals surface area contributed by atoms with Crippen LogP contribution >= 0.6 is 11.8 Å². The largest absolute Gasteiger partial charge is 0.478 e. The van der Waals surface area contributed by atoms with Gasteiger partial charge in [-0.3, -0.25) is 0 Å². The molecule has 0 bridgehead atoms. The molecule has 0 radical (unpaired) electrons. The van der Waals surface area contributed by atoms with Crippen LogP contribution in [0.15, 0.2) is 34.3 Å². The summed E-state index contributed by atoms with van der Waals surface area (Å²) in [5.41, 5.74) is 7.17. The van der Waals surface area contributed by atoms with Gasteiger partial charge < -0.3 is 10.8 Å².